The number of piperidine rings is 1. The van der Waals surface area contributed by atoms with E-state index >= 15 is 0 Å². The largest absolute Gasteiger partial charge is 0.342 e. The molecule has 3 heteroatoms. The van der Waals surface area contributed by atoms with Crippen molar-refractivity contribution < 1.29 is 9.18 Å². The maximum Gasteiger partial charge on any atom is 0.225 e. The van der Waals surface area contributed by atoms with Gasteiger partial charge in [-0.3, -0.25) is 9.18 Å². The van der Waals surface area contributed by atoms with Gasteiger partial charge in [0.1, 0.15) is 0 Å². The van der Waals surface area contributed by atoms with E-state index in [1.54, 1.807) is 0 Å². The predicted octanol–water partition coefficient (Wildman–Crippen LogP) is 1.60. The maximum absolute atomic E-state index is 12.0. The predicted molar refractivity (Wildman–Crippen MR) is 48.0 cm³/mol. The topological polar surface area (TPSA) is 20.3 Å². The molecule has 0 radical (unpaired) electrons. The molecule has 1 saturated carbocycles. The van der Waals surface area contributed by atoms with Crippen LogP contribution in [0.5, 0.6) is 0 Å². The van der Waals surface area contributed by atoms with Gasteiger partial charge in [0.15, 0.2) is 0 Å². The molecule has 0 aromatic heterocycles. The summed E-state index contributed by atoms with van der Waals surface area (Å²) in [4.78, 5) is 13.3. The molecule has 2 nitrogen and oxygen atoms in total. The van der Waals surface area contributed by atoms with Crippen LogP contribution in [-0.4, -0.2) is 30.6 Å². The second-order valence-corrected chi connectivity index (χ2v) is 4.28. The standard InChI is InChI=1S/C10H16FNO/c11-4-3-10(13)12-6-8-1-2-9(5-8)7-12/h8-9H,1-7H2/t8-,9+. The van der Waals surface area contributed by atoms with Gasteiger partial charge in [0, 0.05) is 13.1 Å². The van der Waals surface area contributed by atoms with E-state index in [0.717, 1.165) is 13.1 Å². The first kappa shape index (κ1) is 8.97. The van der Waals surface area contributed by atoms with Crippen molar-refractivity contribution in [3.8, 4) is 0 Å². The van der Waals surface area contributed by atoms with Crippen molar-refractivity contribution in [2.75, 3.05) is 19.8 Å². The first-order valence-electron chi connectivity index (χ1n) is 5.13. The van der Waals surface area contributed by atoms with Crippen molar-refractivity contribution in [1.82, 2.24) is 4.90 Å². The van der Waals surface area contributed by atoms with E-state index in [1.165, 1.54) is 19.3 Å². The van der Waals surface area contributed by atoms with E-state index in [-0.39, 0.29) is 12.3 Å². The lowest BCUT2D eigenvalue weighted by Crippen LogP contribution is -2.40. The zero-order valence-electron chi connectivity index (χ0n) is 7.84. The van der Waals surface area contributed by atoms with Crippen molar-refractivity contribution in [1.29, 1.82) is 0 Å². The number of hydrogen-bond donors (Lipinski definition) is 0. The van der Waals surface area contributed by atoms with Gasteiger partial charge >= 0.3 is 0 Å². The summed E-state index contributed by atoms with van der Waals surface area (Å²) in [6.07, 6.45) is 3.91. The highest BCUT2D eigenvalue weighted by atomic mass is 19.1. The summed E-state index contributed by atoms with van der Waals surface area (Å²) in [5.41, 5.74) is 0. The number of nitrogens with zero attached hydrogens (tertiary/aromatic N) is 1. The van der Waals surface area contributed by atoms with E-state index in [2.05, 4.69) is 0 Å². The van der Waals surface area contributed by atoms with Gasteiger partial charge in [0.05, 0.1) is 13.1 Å². The molecule has 1 aliphatic heterocycles. The molecule has 2 aliphatic rings. The molecule has 0 N–H and O–H groups in total. The van der Waals surface area contributed by atoms with Gasteiger partial charge in [-0.15, -0.1) is 0 Å². The second kappa shape index (κ2) is 3.64. The Morgan fingerprint density at radius 1 is 1.31 bits per heavy atom. The normalized spacial score (nSPS) is 32.2. The number of hydrogen-bond acceptors (Lipinski definition) is 1. The molecule has 2 bridgehead atoms. The smallest absolute Gasteiger partial charge is 0.225 e. The Bertz CT molecular complexity index is 195. The highest BCUT2D eigenvalue weighted by Crippen LogP contribution is 2.36. The van der Waals surface area contributed by atoms with Crippen LogP contribution in [0.3, 0.4) is 0 Å². The third kappa shape index (κ3) is 1.84. The minimum absolute atomic E-state index is 0.0131. The van der Waals surface area contributed by atoms with Crippen LogP contribution >= 0.6 is 0 Å². The van der Waals surface area contributed by atoms with Crippen LogP contribution in [-0.2, 0) is 4.79 Å². The fraction of sp³-hybridized carbons (Fsp3) is 0.900. The maximum atomic E-state index is 12.0. The lowest BCUT2D eigenvalue weighted by Gasteiger charge is -2.31. The van der Waals surface area contributed by atoms with E-state index in [9.17, 15) is 9.18 Å². The van der Waals surface area contributed by atoms with Crippen LogP contribution in [0.25, 0.3) is 0 Å². The second-order valence-electron chi connectivity index (χ2n) is 4.28. The molecule has 0 spiro atoms. The van der Waals surface area contributed by atoms with Gasteiger partial charge in [-0.2, -0.15) is 0 Å². The fourth-order valence-electron chi connectivity index (χ4n) is 2.65. The summed E-state index contributed by atoms with van der Waals surface area (Å²) in [6, 6.07) is 0. The number of halogens is 1. The number of carbonyl (C=O) groups excluding carboxylic acids is 1. The van der Waals surface area contributed by atoms with Crippen molar-refractivity contribution in [3.05, 3.63) is 0 Å². The highest BCUT2D eigenvalue weighted by Gasteiger charge is 2.34. The van der Waals surface area contributed by atoms with Crippen LogP contribution in [0.4, 0.5) is 4.39 Å². The van der Waals surface area contributed by atoms with Crippen LogP contribution in [0.2, 0.25) is 0 Å². The molecule has 74 valence electrons. The number of carbonyl (C=O) groups is 1. The Morgan fingerprint density at radius 2 is 1.92 bits per heavy atom. The SMILES string of the molecule is O=C(CCF)N1C[C@@H]2CC[C@@H](C2)C1. The summed E-state index contributed by atoms with van der Waals surface area (Å²) in [5, 5.41) is 0. The molecule has 0 aromatic carbocycles. The zero-order valence-corrected chi connectivity index (χ0v) is 7.84. The number of fused-ring (bicyclic) bond motifs is 2. The van der Waals surface area contributed by atoms with Gasteiger partial charge < -0.3 is 4.90 Å². The molecule has 0 unspecified atom stereocenters. The first-order valence-corrected chi connectivity index (χ1v) is 5.13. The van der Waals surface area contributed by atoms with Gasteiger partial charge in [0.2, 0.25) is 5.91 Å². The third-order valence-electron chi connectivity index (χ3n) is 3.27. The molecule has 1 heterocycles. The van der Waals surface area contributed by atoms with Crippen molar-refractivity contribution in [3.63, 3.8) is 0 Å². The summed E-state index contributed by atoms with van der Waals surface area (Å²) in [5.74, 6) is 1.43. The molecular weight excluding hydrogens is 169 g/mol. The Morgan fingerprint density at radius 3 is 2.46 bits per heavy atom. The van der Waals surface area contributed by atoms with Gasteiger partial charge in [-0.25, -0.2) is 0 Å². The van der Waals surface area contributed by atoms with Crippen molar-refractivity contribution in [2.45, 2.75) is 25.7 Å². The quantitative estimate of drug-likeness (QED) is 0.640. The lowest BCUT2D eigenvalue weighted by atomic mass is 9.99. The van der Waals surface area contributed by atoms with E-state index < -0.39 is 6.67 Å². The first-order chi connectivity index (χ1) is 6.29. The minimum Gasteiger partial charge on any atom is -0.342 e. The molecular formula is C10H16FNO. The van der Waals surface area contributed by atoms with Crippen molar-refractivity contribution >= 4 is 5.91 Å². The van der Waals surface area contributed by atoms with Gasteiger partial charge in [0.25, 0.3) is 0 Å². The highest BCUT2D eigenvalue weighted by molar-refractivity contribution is 5.76. The Kier molecular flexibility index (Phi) is 2.51. The molecule has 2 fully saturated rings. The molecule has 1 saturated heterocycles. The zero-order chi connectivity index (χ0) is 9.26. The molecule has 1 aliphatic carbocycles. The number of alkyl halides is 1. The van der Waals surface area contributed by atoms with E-state index in [0.29, 0.717) is 11.8 Å². The third-order valence-corrected chi connectivity index (χ3v) is 3.27. The van der Waals surface area contributed by atoms with Crippen molar-refractivity contribution in [2.24, 2.45) is 11.8 Å². The lowest BCUT2D eigenvalue weighted by molar-refractivity contribution is -0.133. The van der Waals surface area contributed by atoms with E-state index in [1.807, 2.05) is 4.90 Å². The Balaban J connectivity index is 1.91. The summed E-state index contributed by atoms with van der Waals surface area (Å²) < 4.78 is 12.0. The Hall–Kier alpha value is -0.600. The summed E-state index contributed by atoms with van der Waals surface area (Å²) in [6.45, 7) is 1.26. The van der Waals surface area contributed by atoms with Gasteiger partial charge in [-0.1, -0.05) is 0 Å². The number of amides is 1. The Labute approximate surface area is 78.1 Å². The molecule has 0 aromatic rings. The average Bonchev–Trinajstić information content (AvgIpc) is 2.46. The molecule has 2 atom stereocenters. The fourth-order valence-corrected chi connectivity index (χ4v) is 2.65. The van der Waals surface area contributed by atoms with Gasteiger partial charge in [-0.05, 0) is 31.1 Å². The molecule has 1 amide bonds. The van der Waals surface area contributed by atoms with Crippen LogP contribution in [0, 0.1) is 11.8 Å². The molecule has 2 rings (SSSR count). The molecule has 13 heavy (non-hydrogen) atoms. The monoisotopic (exact) mass is 185 g/mol. The van der Waals surface area contributed by atoms with Crippen LogP contribution in [0.1, 0.15) is 25.7 Å². The van der Waals surface area contributed by atoms with Crippen LogP contribution in [0.15, 0.2) is 0 Å². The van der Waals surface area contributed by atoms with Crippen LogP contribution < -0.4 is 0 Å². The number of rotatable bonds is 2. The summed E-state index contributed by atoms with van der Waals surface area (Å²) >= 11 is 0. The summed E-state index contributed by atoms with van der Waals surface area (Å²) in [7, 11) is 0. The number of likely N-dealkylation sites (tertiary alicyclic amines) is 1. The average molecular weight is 185 g/mol. The minimum atomic E-state index is -0.509. The van der Waals surface area contributed by atoms with E-state index in [4.69, 9.17) is 0 Å².